The minimum atomic E-state index is -0.469. The van der Waals surface area contributed by atoms with Gasteiger partial charge in [0.15, 0.2) is 5.82 Å². The number of carbonyl (C=O) groups excluding carboxylic acids is 1. The summed E-state index contributed by atoms with van der Waals surface area (Å²) in [5.41, 5.74) is 1.40. The highest BCUT2D eigenvalue weighted by Gasteiger charge is 2.17. The lowest BCUT2D eigenvalue weighted by Gasteiger charge is -2.08. The zero-order valence-corrected chi connectivity index (χ0v) is 15.1. The summed E-state index contributed by atoms with van der Waals surface area (Å²) in [7, 11) is 0. The Hall–Kier alpha value is -3.81. The van der Waals surface area contributed by atoms with E-state index in [4.69, 9.17) is 4.52 Å². The van der Waals surface area contributed by atoms with E-state index in [0.717, 1.165) is 5.56 Å². The molecule has 0 aliphatic heterocycles. The lowest BCUT2D eigenvalue weighted by atomic mass is 10.2. The fourth-order valence-electron chi connectivity index (χ4n) is 2.87. The normalized spacial score (nSPS) is 10.9. The van der Waals surface area contributed by atoms with Crippen LogP contribution < -0.4 is 10.9 Å². The van der Waals surface area contributed by atoms with Gasteiger partial charge in [-0.2, -0.15) is 4.98 Å². The van der Waals surface area contributed by atoms with Gasteiger partial charge in [-0.15, -0.1) is 0 Å². The highest BCUT2D eigenvalue weighted by molar-refractivity contribution is 5.89. The molecule has 140 valence electrons. The molecule has 0 bridgehead atoms. The van der Waals surface area contributed by atoms with Gasteiger partial charge in [-0.25, -0.2) is 4.98 Å². The topological polar surface area (TPSA) is 103 Å². The lowest BCUT2D eigenvalue weighted by molar-refractivity contribution is 0.0907. The van der Waals surface area contributed by atoms with Crippen LogP contribution in [0.4, 0.5) is 0 Å². The van der Waals surface area contributed by atoms with Crippen molar-refractivity contribution in [3.63, 3.8) is 0 Å². The molecule has 0 saturated heterocycles. The highest BCUT2D eigenvalue weighted by atomic mass is 16.5. The average molecular weight is 375 g/mol. The van der Waals surface area contributed by atoms with E-state index in [0.29, 0.717) is 23.3 Å². The molecule has 8 nitrogen and oxygen atoms in total. The summed E-state index contributed by atoms with van der Waals surface area (Å²) < 4.78 is 6.50. The van der Waals surface area contributed by atoms with Crippen molar-refractivity contribution in [2.24, 2.45) is 0 Å². The van der Waals surface area contributed by atoms with Gasteiger partial charge in [0, 0.05) is 6.54 Å². The van der Waals surface area contributed by atoms with Crippen molar-refractivity contribution in [3.05, 3.63) is 88.1 Å². The molecular weight excluding hydrogens is 358 g/mol. The van der Waals surface area contributed by atoms with Crippen molar-refractivity contribution in [1.82, 2.24) is 25.0 Å². The van der Waals surface area contributed by atoms with Gasteiger partial charge >= 0.3 is 11.8 Å². The average Bonchev–Trinajstić information content (AvgIpc) is 3.19. The Labute approximate surface area is 159 Å². The van der Waals surface area contributed by atoms with Gasteiger partial charge < -0.3 is 9.84 Å². The van der Waals surface area contributed by atoms with Crippen LogP contribution in [0.15, 0.2) is 63.9 Å². The quantitative estimate of drug-likeness (QED) is 0.573. The van der Waals surface area contributed by atoms with E-state index in [-0.39, 0.29) is 23.8 Å². The molecular formula is C20H17N5O3. The number of rotatable bonds is 5. The largest absolute Gasteiger partial charge is 0.344 e. The second-order valence-electron chi connectivity index (χ2n) is 6.25. The lowest BCUT2D eigenvalue weighted by Crippen LogP contribution is -2.25. The standard InChI is InChI=1S/C20H17N5O3/c1-13-22-16-10-6-5-9-15(16)20(27)25(13)12-17-23-19(28-24-17)18(26)21-11-14-7-3-2-4-8-14/h2-10H,11-12H2,1H3,(H,21,26). The minimum absolute atomic E-state index is 0.0674. The molecule has 0 unspecified atom stereocenters. The molecule has 8 heteroatoms. The molecule has 0 spiro atoms. The molecule has 28 heavy (non-hydrogen) atoms. The van der Waals surface area contributed by atoms with Gasteiger partial charge in [0.25, 0.3) is 5.56 Å². The first-order chi connectivity index (χ1) is 13.6. The predicted octanol–water partition coefficient (Wildman–Crippen LogP) is 2.07. The summed E-state index contributed by atoms with van der Waals surface area (Å²) in [6, 6.07) is 16.6. The summed E-state index contributed by atoms with van der Waals surface area (Å²) >= 11 is 0. The summed E-state index contributed by atoms with van der Waals surface area (Å²) in [4.78, 5) is 33.5. The van der Waals surface area contributed by atoms with Crippen LogP contribution in [0, 0.1) is 6.92 Å². The first-order valence-corrected chi connectivity index (χ1v) is 8.73. The second-order valence-corrected chi connectivity index (χ2v) is 6.25. The first kappa shape index (κ1) is 17.6. The van der Waals surface area contributed by atoms with E-state index in [1.165, 1.54) is 4.57 Å². The van der Waals surface area contributed by atoms with Gasteiger partial charge in [-0.05, 0) is 24.6 Å². The van der Waals surface area contributed by atoms with E-state index < -0.39 is 5.91 Å². The molecule has 4 aromatic rings. The van der Waals surface area contributed by atoms with Crippen LogP contribution in [0.5, 0.6) is 0 Å². The maximum atomic E-state index is 12.7. The van der Waals surface area contributed by atoms with Crippen molar-refractivity contribution in [2.75, 3.05) is 0 Å². The van der Waals surface area contributed by atoms with Crippen molar-refractivity contribution in [2.45, 2.75) is 20.0 Å². The molecule has 0 fully saturated rings. The number of amides is 1. The van der Waals surface area contributed by atoms with Crippen LogP contribution >= 0.6 is 0 Å². The van der Waals surface area contributed by atoms with Gasteiger partial charge in [0.05, 0.1) is 17.4 Å². The van der Waals surface area contributed by atoms with Crippen molar-refractivity contribution in [1.29, 1.82) is 0 Å². The Bertz CT molecular complexity index is 1200. The van der Waals surface area contributed by atoms with Crippen LogP contribution in [-0.4, -0.2) is 25.6 Å². The third-order valence-corrected chi connectivity index (χ3v) is 4.31. The van der Waals surface area contributed by atoms with E-state index in [2.05, 4.69) is 20.4 Å². The van der Waals surface area contributed by atoms with Crippen LogP contribution in [0.2, 0.25) is 0 Å². The Balaban J connectivity index is 1.51. The van der Waals surface area contributed by atoms with Crippen LogP contribution in [0.3, 0.4) is 0 Å². The number of hydrogen-bond donors (Lipinski definition) is 1. The molecule has 1 amide bonds. The summed E-state index contributed by atoms with van der Waals surface area (Å²) in [5.74, 6) is 0.143. The SMILES string of the molecule is Cc1nc2ccccc2c(=O)n1Cc1noc(C(=O)NCc2ccccc2)n1. The molecule has 0 aliphatic rings. The fourth-order valence-corrected chi connectivity index (χ4v) is 2.87. The number of hydrogen-bond acceptors (Lipinski definition) is 6. The van der Waals surface area contributed by atoms with E-state index >= 15 is 0 Å². The number of fused-ring (bicyclic) bond motifs is 1. The van der Waals surface area contributed by atoms with Crippen molar-refractivity contribution >= 4 is 16.8 Å². The third-order valence-electron chi connectivity index (χ3n) is 4.31. The molecule has 1 N–H and O–H groups in total. The van der Waals surface area contributed by atoms with Gasteiger partial charge in [0.2, 0.25) is 0 Å². The van der Waals surface area contributed by atoms with Crippen molar-refractivity contribution in [3.8, 4) is 0 Å². The summed E-state index contributed by atoms with van der Waals surface area (Å²) in [5, 5.41) is 7.05. The number of carbonyl (C=O) groups is 1. The summed E-state index contributed by atoms with van der Waals surface area (Å²) in [6.07, 6.45) is 0. The number of aryl methyl sites for hydroxylation is 1. The molecule has 0 radical (unpaired) electrons. The Morgan fingerprint density at radius 2 is 1.82 bits per heavy atom. The maximum Gasteiger partial charge on any atom is 0.316 e. The maximum absolute atomic E-state index is 12.7. The molecule has 0 atom stereocenters. The van der Waals surface area contributed by atoms with Crippen LogP contribution in [-0.2, 0) is 13.1 Å². The number of nitrogens with zero attached hydrogens (tertiary/aromatic N) is 4. The number of benzene rings is 2. The summed E-state index contributed by atoms with van der Waals surface area (Å²) in [6.45, 7) is 2.16. The fraction of sp³-hybridized carbons (Fsp3) is 0.150. The van der Waals surface area contributed by atoms with E-state index in [1.807, 2.05) is 36.4 Å². The second kappa shape index (κ2) is 7.43. The van der Waals surface area contributed by atoms with E-state index in [9.17, 15) is 9.59 Å². The third kappa shape index (κ3) is 3.52. The van der Waals surface area contributed by atoms with Crippen LogP contribution in [0.1, 0.15) is 27.9 Å². The van der Waals surface area contributed by atoms with Gasteiger partial charge in [0.1, 0.15) is 5.82 Å². The number of aromatic nitrogens is 4. The zero-order chi connectivity index (χ0) is 19.5. The first-order valence-electron chi connectivity index (χ1n) is 8.73. The molecule has 0 saturated carbocycles. The molecule has 0 aliphatic carbocycles. The van der Waals surface area contributed by atoms with Gasteiger partial charge in [-0.1, -0.05) is 47.6 Å². The van der Waals surface area contributed by atoms with Crippen molar-refractivity contribution < 1.29 is 9.32 Å². The highest BCUT2D eigenvalue weighted by Crippen LogP contribution is 2.09. The molecule has 2 aromatic heterocycles. The number of nitrogens with one attached hydrogen (secondary N) is 1. The molecule has 4 rings (SSSR count). The Kier molecular flexibility index (Phi) is 4.67. The van der Waals surface area contributed by atoms with Gasteiger partial charge in [-0.3, -0.25) is 14.2 Å². The van der Waals surface area contributed by atoms with Crippen LogP contribution in [0.25, 0.3) is 10.9 Å². The molecule has 2 aromatic carbocycles. The minimum Gasteiger partial charge on any atom is -0.344 e. The van der Waals surface area contributed by atoms with E-state index in [1.54, 1.807) is 25.1 Å². The molecule has 2 heterocycles. The smallest absolute Gasteiger partial charge is 0.316 e. The Morgan fingerprint density at radius 3 is 2.64 bits per heavy atom. The number of para-hydroxylation sites is 1. The predicted molar refractivity (Wildman–Crippen MR) is 102 cm³/mol. The zero-order valence-electron chi connectivity index (χ0n) is 15.1. The monoisotopic (exact) mass is 375 g/mol. The Morgan fingerprint density at radius 1 is 1.07 bits per heavy atom.